The summed E-state index contributed by atoms with van der Waals surface area (Å²) in [6, 6.07) is 8.55. The van der Waals surface area contributed by atoms with Crippen LogP contribution in [0.3, 0.4) is 0 Å². The highest BCUT2D eigenvalue weighted by molar-refractivity contribution is 9.10. The maximum Gasteiger partial charge on any atom is 0.236 e. The van der Waals surface area contributed by atoms with Crippen LogP contribution in [0.25, 0.3) is 0 Å². The highest BCUT2D eigenvalue weighted by Gasteiger charge is 2.22. The van der Waals surface area contributed by atoms with Crippen LogP contribution < -0.4 is 0 Å². The second-order valence-corrected chi connectivity index (χ2v) is 7.54. The van der Waals surface area contributed by atoms with E-state index in [2.05, 4.69) is 54.9 Å². The smallest absolute Gasteiger partial charge is 0.236 e. The Morgan fingerprint density at radius 3 is 2.13 bits per heavy atom. The van der Waals surface area contributed by atoms with Crippen molar-refractivity contribution < 1.29 is 4.79 Å². The van der Waals surface area contributed by atoms with E-state index in [0.29, 0.717) is 12.5 Å². The largest absolute Gasteiger partial charge is 0.342 e. The molecule has 2 saturated heterocycles. The third-order valence-electron chi connectivity index (χ3n) is 4.85. The summed E-state index contributed by atoms with van der Waals surface area (Å²) < 4.78 is 1.13. The zero-order valence-electron chi connectivity index (χ0n) is 13.7. The lowest BCUT2D eigenvalue weighted by Crippen LogP contribution is -2.50. The summed E-state index contributed by atoms with van der Waals surface area (Å²) in [4.78, 5) is 19.2. The SMILES string of the molecule is O=C(CN1CCN(Cc2ccc(Br)cc2)CC1)N1CCCCC1. The molecule has 5 heteroatoms. The number of nitrogens with zero attached hydrogens (tertiary/aromatic N) is 3. The number of benzene rings is 1. The lowest BCUT2D eigenvalue weighted by Gasteiger charge is -2.36. The standard InChI is InChI=1S/C18H26BrN3O/c19-17-6-4-16(5-7-17)14-20-10-12-21(13-11-20)15-18(23)22-8-2-1-3-9-22/h4-7H,1-3,8-15H2. The van der Waals surface area contributed by atoms with E-state index in [1.54, 1.807) is 0 Å². The normalized spacial score (nSPS) is 20.7. The van der Waals surface area contributed by atoms with Gasteiger partial charge in [-0.1, -0.05) is 28.1 Å². The quantitative estimate of drug-likeness (QED) is 0.804. The van der Waals surface area contributed by atoms with Crippen molar-refractivity contribution in [2.24, 2.45) is 0 Å². The molecule has 2 fully saturated rings. The minimum atomic E-state index is 0.325. The van der Waals surface area contributed by atoms with Gasteiger partial charge in [-0.3, -0.25) is 14.6 Å². The van der Waals surface area contributed by atoms with Crippen molar-refractivity contribution in [1.29, 1.82) is 0 Å². The van der Waals surface area contributed by atoms with Gasteiger partial charge in [0.05, 0.1) is 6.54 Å². The van der Waals surface area contributed by atoms with Crippen LogP contribution >= 0.6 is 15.9 Å². The molecule has 0 unspecified atom stereocenters. The number of hydrogen-bond acceptors (Lipinski definition) is 3. The number of carbonyl (C=O) groups is 1. The van der Waals surface area contributed by atoms with Crippen molar-refractivity contribution in [3.8, 4) is 0 Å². The molecule has 0 atom stereocenters. The minimum Gasteiger partial charge on any atom is -0.342 e. The second-order valence-electron chi connectivity index (χ2n) is 6.62. The Morgan fingerprint density at radius 2 is 1.48 bits per heavy atom. The number of hydrogen-bond donors (Lipinski definition) is 0. The van der Waals surface area contributed by atoms with Crippen molar-refractivity contribution in [1.82, 2.24) is 14.7 Å². The summed E-state index contributed by atoms with van der Waals surface area (Å²) in [6.07, 6.45) is 3.62. The number of piperidine rings is 1. The van der Waals surface area contributed by atoms with Gasteiger partial charge in [0.1, 0.15) is 0 Å². The summed E-state index contributed by atoms with van der Waals surface area (Å²) in [6.45, 7) is 7.61. The number of amides is 1. The maximum atomic E-state index is 12.3. The van der Waals surface area contributed by atoms with Crippen LogP contribution in [0.1, 0.15) is 24.8 Å². The van der Waals surface area contributed by atoms with E-state index in [9.17, 15) is 4.79 Å². The highest BCUT2D eigenvalue weighted by Crippen LogP contribution is 2.14. The first-order valence-electron chi connectivity index (χ1n) is 8.68. The molecule has 1 amide bonds. The molecule has 3 rings (SSSR count). The van der Waals surface area contributed by atoms with Gasteiger partial charge < -0.3 is 4.90 Å². The van der Waals surface area contributed by atoms with Gasteiger partial charge in [0.25, 0.3) is 0 Å². The molecule has 0 aromatic heterocycles. The zero-order valence-corrected chi connectivity index (χ0v) is 15.3. The van der Waals surface area contributed by atoms with Gasteiger partial charge in [0.15, 0.2) is 0 Å². The van der Waals surface area contributed by atoms with Crippen molar-refractivity contribution in [3.63, 3.8) is 0 Å². The summed E-state index contributed by atoms with van der Waals surface area (Å²) in [7, 11) is 0. The molecule has 4 nitrogen and oxygen atoms in total. The fourth-order valence-electron chi connectivity index (χ4n) is 3.39. The summed E-state index contributed by atoms with van der Waals surface area (Å²) in [5, 5.41) is 0. The van der Waals surface area contributed by atoms with Gasteiger partial charge in [-0.25, -0.2) is 0 Å². The Labute approximate surface area is 147 Å². The zero-order chi connectivity index (χ0) is 16.1. The van der Waals surface area contributed by atoms with Crippen molar-refractivity contribution in [2.45, 2.75) is 25.8 Å². The first-order chi connectivity index (χ1) is 11.2. The van der Waals surface area contributed by atoms with Gasteiger partial charge in [0.2, 0.25) is 5.91 Å². The van der Waals surface area contributed by atoms with Crippen LogP contribution in [0.15, 0.2) is 28.7 Å². The lowest BCUT2D eigenvalue weighted by atomic mass is 10.1. The fourth-order valence-corrected chi connectivity index (χ4v) is 3.65. The molecule has 0 radical (unpaired) electrons. The molecular weight excluding hydrogens is 354 g/mol. The molecule has 126 valence electrons. The molecule has 1 aromatic rings. The Bertz CT molecular complexity index is 506. The van der Waals surface area contributed by atoms with Gasteiger partial charge in [-0.15, -0.1) is 0 Å². The number of halogens is 1. The monoisotopic (exact) mass is 379 g/mol. The maximum absolute atomic E-state index is 12.3. The molecular formula is C18H26BrN3O. The number of likely N-dealkylation sites (tertiary alicyclic amines) is 1. The van der Waals surface area contributed by atoms with Crippen LogP contribution in [0.5, 0.6) is 0 Å². The van der Waals surface area contributed by atoms with Gasteiger partial charge >= 0.3 is 0 Å². The van der Waals surface area contributed by atoms with E-state index in [0.717, 1.165) is 50.3 Å². The third-order valence-corrected chi connectivity index (χ3v) is 5.38. The van der Waals surface area contributed by atoms with Crippen LogP contribution in [0.4, 0.5) is 0 Å². The molecule has 0 aliphatic carbocycles. The Kier molecular flexibility index (Phi) is 6.08. The Balaban J connectivity index is 1.41. The first-order valence-corrected chi connectivity index (χ1v) is 9.47. The topological polar surface area (TPSA) is 26.8 Å². The number of piperazine rings is 1. The fraction of sp³-hybridized carbons (Fsp3) is 0.611. The van der Waals surface area contributed by atoms with Crippen molar-refractivity contribution >= 4 is 21.8 Å². The van der Waals surface area contributed by atoms with Crippen LogP contribution in [0, 0.1) is 0 Å². The Hall–Kier alpha value is -0.910. The molecule has 0 bridgehead atoms. The first kappa shape index (κ1) is 16.9. The van der Waals surface area contributed by atoms with E-state index in [-0.39, 0.29) is 0 Å². The molecule has 0 spiro atoms. The van der Waals surface area contributed by atoms with Crippen LogP contribution in [0.2, 0.25) is 0 Å². The van der Waals surface area contributed by atoms with Gasteiger partial charge in [-0.2, -0.15) is 0 Å². The average molecular weight is 380 g/mol. The van der Waals surface area contributed by atoms with Crippen LogP contribution in [-0.2, 0) is 11.3 Å². The van der Waals surface area contributed by atoms with Gasteiger partial charge in [0, 0.05) is 50.3 Å². The van der Waals surface area contributed by atoms with E-state index in [4.69, 9.17) is 0 Å². The van der Waals surface area contributed by atoms with Crippen LogP contribution in [-0.4, -0.2) is 66.4 Å². The lowest BCUT2D eigenvalue weighted by molar-refractivity contribution is -0.133. The predicted molar refractivity (Wildman–Crippen MR) is 96.3 cm³/mol. The third kappa shape index (κ3) is 5.03. The van der Waals surface area contributed by atoms with Crippen molar-refractivity contribution in [3.05, 3.63) is 34.3 Å². The predicted octanol–water partition coefficient (Wildman–Crippen LogP) is 2.58. The molecule has 2 aliphatic rings. The van der Waals surface area contributed by atoms with E-state index < -0.39 is 0 Å². The van der Waals surface area contributed by atoms with E-state index in [1.807, 2.05) is 0 Å². The minimum absolute atomic E-state index is 0.325. The molecule has 23 heavy (non-hydrogen) atoms. The summed E-state index contributed by atoms with van der Waals surface area (Å²) >= 11 is 3.48. The molecule has 0 saturated carbocycles. The van der Waals surface area contributed by atoms with E-state index >= 15 is 0 Å². The molecule has 1 aromatic carbocycles. The van der Waals surface area contributed by atoms with Crippen molar-refractivity contribution in [2.75, 3.05) is 45.8 Å². The second kappa shape index (κ2) is 8.27. The average Bonchev–Trinajstić information content (AvgIpc) is 2.59. The highest BCUT2D eigenvalue weighted by atomic mass is 79.9. The van der Waals surface area contributed by atoms with E-state index in [1.165, 1.54) is 24.8 Å². The number of rotatable bonds is 4. The number of carbonyl (C=O) groups excluding carboxylic acids is 1. The van der Waals surface area contributed by atoms with Gasteiger partial charge in [-0.05, 0) is 37.0 Å². The molecule has 0 N–H and O–H groups in total. The summed E-state index contributed by atoms with van der Waals surface area (Å²) in [5.41, 5.74) is 1.35. The Morgan fingerprint density at radius 1 is 0.870 bits per heavy atom. The molecule has 2 heterocycles. The summed E-state index contributed by atoms with van der Waals surface area (Å²) in [5.74, 6) is 0.325. The molecule has 2 aliphatic heterocycles.